The van der Waals surface area contributed by atoms with Crippen LogP contribution in [0.2, 0.25) is 0 Å². The van der Waals surface area contributed by atoms with Crippen molar-refractivity contribution >= 4 is 29.7 Å². The number of nitrogens with two attached hydrogens (primary N) is 2. The Kier molecular flexibility index (Phi) is 10.7. The number of hydrogen-bond acceptors (Lipinski definition) is 7. The second-order valence-corrected chi connectivity index (χ2v) is 12.2. The number of aromatic amines is 1. The van der Waals surface area contributed by atoms with E-state index >= 15 is 0 Å². The van der Waals surface area contributed by atoms with E-state index in [0.717, 1.165) is 24.0 Å². The second-order valence-electron chi connectivity index (χ2n) is 12.2. The van der Waals surface area contributed by atoms with Gasteiger partial charge in [-0.2, -0.15) is 22.7 Å². The maximum Gasteiger partial charge on any atom is 0.375 e. The van der Waals surface area contributed by atoms with Crippen LogP contribution in [-0.4, -0.2) is 57.7 Å². The van der Waals surface area contributed by atoms with Crippen molar-refractivity contribution in [1.82, 2.24) is 20.5 Å². The first kappa shape index (κ1) is 35.9. The molecule has 0 radical (unpaired) electrons. The molecule has 1 fully saturated rings. The van der Waals surface area contributed by atoms with Gasteiger partial charge in [-0.1, -0.05) is 42.5 Å². The average Bonchev–Trinajstić information content (AvgIpc) is 3.63. The van der Waals surface area contributed by atoms with Crippen LogP contribution >= 0.6 is 0 Å². The van der Waals surface area contributed by atoms with E-state index in [2.05, 4.69) is 20.7 Å². The fraction of sp³-hybridized carbons (Fsp3) is 0.314. The lowest BCUT2D eigenvalue weighted by molar-refractivity contribution is -0.206. The van der Waals surface area contributed by atoms with Crippen LogP contribution < -0.4 is 22.1 Å². The third-order valence-electron chi connectivity index (χ3n) is 8.84. The summed E-state index contributed by atoms with van der Waals surface area (Å²) in [5, 5.41) is 11.0. The molecule has 0 unspecified atom stereocenters. The Morgan fingerprint density at radius 1 is 0.920 bits per heavy atom. The van der Waals surface area contributed by atoms with Gasteiger partial charge in [0.05, 0.1) is 0 Å². The first-order valence-electron chi connectivity index (χ1n) is 15.9. The molecule has 4 aromatic rings. The van der Waals surface area contributed by atoms with Gasteiger partial charge >= 0.3 is 11.8 Å². The number of carbonyl (C=O) groups is 4. The standard InChI is InChI=1S/C35H35F4N7O4/c36-34(37,19-47)35(38,39)33-44-30(45-46-33)23-13-15-25(16-14-23)42-32(50)28(43-31(49)24-11-7-21(18-40)8-12-24)17-20-5-9-22(10-6-20)26-3-1-2-4-27(26)29(41)48/h1-6,9-10,13-16,19,21,24,28H,7-8,11-12,17-18,40H2,(H2,41,48)(H,42,50)(H,43,49)(H,44,45,46)/t21?,24?,28-/m0/s1. The SMILES string of the molecule is NCC1CCC(C(=O)N[C@@H](Cc2ccc(-c3ccccc3C(N)=O)cc2)C(=O)Nc2ccc(-c3n[nH]c(C(F)(F)C(F)(F)C=O)n3)cc2)CC1. The summed E-state index contributed by atoms with van der Waals surface area (Å²) < 4.78 is 55.1. The van der Waals surface area contributed by atoms with Gasteiger partial charge in [0.15, 0.2) is 12.1 Å². The van der Waals surface area contributed by atoms with Gasteiger partial charge in [0.25, 0.3) is 0 Å². The Labute approximate surface area is 284 Å². The number of rotatable bonds is 13. The minimum absolute atomic E-state index is 0.130. The summed E-state index contributed by atoms with van der Waals surface area (Å²) in [6, 6.07) is 18.7. The van der Waals surface area contributed by atoms with Crippen LogP contribution in [0.3, 0.4) is 0 Å². The van der Waals surface area contributed by atoms with Crippen LogP contribution in [0.4, 0.5) is 23.2 Å². The minimum Gasteiger partial charge on any atom is -0.366 e. The summed E-state index contributed by atoms with van der Waals surface area (Å²) >= 11 is 0. The molecule has 5 rings (SSSR count). The Hall–Kier alpha value is -5.44. The predicted molar refractivity (Wildman–Crippen MR) is 176 cm³/mol. The predicted octanol–water partition coefficient (Wildman–Crippen LogP) is 4.59. The van der Waals surface area contributed by atoms with Crippen molar-refractivity contribution in [3.05, 3.63) is 89.7 Å². The molecule has 1 aliphatic rings. The number of benzene rings is 3. The van der Waals surface area contributed by atoms with Gasteiger partial charge in [0.1, 0.15) is 6.04 Å². The first-order chi connectivity index (χ1) is 23.8. The molecule has 0 spiro atoms. The monoisotopic (exact) mass is 693 g/mol. The number of carbonyl (C=O) groups excluding carboxylic acids is 4. The summed E-state index contributed by atoms with van der Waals surface area (Å²) in [6.07, 6.45) is 1.91. The number of aldehydes is 1. The summed E-state index contributed by atoms with van der Waals surface area (Å²) in [7, 11) is 0. The summed E-state index contributed by atoms with van der Waals surface area (Å²) in [4.78, 5) is 52.8. The number of hydrogen-bond donors (Lipinski definition) is 5. The van der Waals surface area contributed by atoms with Gasteiger partial charge in [-0.15, -0.1) is 0 Å². The molecule has 11 nitrogen and oxygen atoms in total. The fourth-order valence-corrected chi connectivity index (χ4v) is 5.86. The number of nitrogens with zero attached hydrogens (tertiary/aromatic N) is 2. The zero-order chi connectivity index (χ0) is 36.1. The highest BCUT2D eigenvalue weighted by Crippen LogP contribution is 2.40. The molecule has 15 heteroatoms. The molecule has 1 saturated carbocycles. The molecule has 7 N–H and O–H groups in total. The number of aromatic nitrogens is 3. The van der Waals surface area contributed by atoms with Gasteiger partial charge in [-0.25, -0.2) is 4.98 Å². The lowest BCUT2D eigenvalue weighted by atomic mass is 9.81. The highest BCUT2D eigenvalue weighted by molar-refractivity contribution is 6.00. The van der Waals surface area contributed by atoms with Crippen molar-refractivity contribution in [2.45, 2.75) is 50.0 Å². The van der Waals surface area contributed by atoms with Gasteiger partial charge in [0.2, 0.25) is 23.5 Å². The van der Waals surface area contributed by atoms with Crippen LogP contribution in [-0.2, 0) is 26.7 Å². The Bertz CT molecular complexity index is 1840. The van der Waals surface area contributed by atoms with Crippen molar-refractivity contribution in [3.63, 3.8) is 0 Å². The Balaban J connectivity index is 1.32. The highest BCUT2D eigenvalue weighted by Gasteiger charge is 2.60. The van der Waals surface area contributed by atoms with Crippen LogP contribution in [0.25, 0.3) is 22.5 Å². The highest BCUT2D eigenvalue weighted by atomic mass is 19.3. The number of amides is 3. The first-order valence-corrected chi connectivity index (χ1v) is 15.9. The maximum absolute atomic E-state index is 14.1. The van der Waals surface area contributed by atoms with E-state index in [-0.39, 0.29) is 35.3 Å². The third kappa shape index (κ3) is 7.88. The van der Waals surface area contributed by atoms with E-state index in [0.29, 0.717) is 36.4 Å². The van der Waals surface area contributed by atoms with E-state index < -0.39 is 41.8 Å². The summed E-state index contributed by atoms with van der Waals surface area (Å²) in [5.74, 6) is -13.0. The molecule has 50 heavy (non-hydrogen) atoms. The quantitative estimate of drug-likeness (QED) is 0.100. The fourth-order valence-electron chi connectivity index (χ4n) is 5.86. The van der Waals surface area contributed by atoms with Gasteiger partial charge in [-0.05, 0) is 85.2 Å². The summed E-state index contributed by atoms with van der Waals surface area (Å²) in [6.45, 7) is 0.554. The molecule has 0 bridgehead atoms. The van der Waals surface area contributed by atoms with E-state index in [9.17, 15) is 36.7 Å². The minimum atomic E-state index is -4.99. The molecule has 262 valence electrons. The topological polar surface area (TPSA) is 186 Å². The Morgan fingerprint density at radius 2 is 1.56 bits per heavy atom. The number of anilines is 1. The molecule has 0 saturated heterocycles. The van der Waals surface area contributed by atoms with E-state index in [1.807, 2.05) is 0 Å². The number of alkyl halides is 4. The van der Waals surface area contributed by atoms with Gasteiger partial charge in [-0.3, -0.25) is 24.3 Å². The molecule has 1 aliphatic carbocycles. The van der Waals surface area contributed by atoms with Crippen LogP contribution in [0.15, 0.2) is 72.8 Å². The number of H-pyrrole nitrogens is 1. The molecular formula is C35H35F4N7O4. The van der Waals surface area contributed by atoms with Crippen molar-refractivity contribution < 1.29 is 36.7 Å². The van der Waals surface area contributed by atoms with Crippen LogP contribution in [0, 0.1) is 11.8 Å². The molecule has 1 aromatic heterocycles. The molecular weight excluding hydrogens is 658 g/mol. The molecule has 3 amide bonds. The number of primary amides is 1. The summed E-state index contributed by atoms with van der Waals surface area (Å²) in [5.41, 5.74) is 14.3. The van der Waals surface area contributed by atoms with E-state index in [4.69, 9.17) is 11.5 Å². The zero-order valence-corrected chi connectivity index (χ0v) is 26.7. The number of halogens is 4. The van der Waals surface area contributed by atoms with Crippen molar-refractivity contribution in [2.24, 2.45) is 23.3 Å². The van der Waals surface area contributed by atoms with Gasteiger partial charge in [0, 0.05) is 29.2 Å². The van der Waals surface area contributed by atoms with Crippen LogP contribution in [0.5, 0.6) is 0 Å². The number of nitrogens with one attached hydrogen (secondary N) is 3. The van der Waals surface area contributed by atoms with E-state index in [1.165, 1.54) is 24.3 Å². The average molecular weight is 694 g/mol. The van der Waals surface area contributed by atoms with Crippen molar-refractivity contribution in [3.8, 4) is 22.5 Å². The van der Waals surface area contributed by atoms with Crippen LogP contribution in [0.1, 0.15) is 47.4 Å². The molecule has 3 aromatic carbocycles. The van der Waals surface area contributed by atoms with Crippen molar-refractivity contribution in [1.29, 1.82) is 0 Å². The smallest absolute Gasteiger partial charge is 0.366 e. The maximum atomic E-state index is 14.1. The second kappa shape index (κ2) is 15.0. The largest absolute Gasteiger partial charge is 0.375 e. The van der Waals surface area contributed by atoms with E-state index in [1.54, 1.807) is 53.6 Å². The zero-order valence-electron chi connectivity index (χ0n) is 26.7. The molecule has 0 aliphatic heterocycles. The molecule has 1 heterocycles. The third-order valence-corrected chi connectivity index (χ3v) is 8.84. The van der Waals surface area contributed by atoms with Gasteiger partial charge < -0.3 is 22.1 Å². The normalized spacial score (nSPS) is 17.1. The van der Waals surface area contributed by atoms with Crippen molar-refractivity contribution in [2.75, 3.05) is 11.9 Å². The Morgan fingerprint density at radius 3 is 2.18 bits per heavy atom. The lowest BCUT2D eigenvalue weighted by Gasteiger charge is -2.28. The lowest BCUT2D eigenvalue weighted by Crippen LogP contribution is -2.48. The molecule has 1 atom stereocenters.